The summed E-state index contributed by atoms with van der Waals surface area (Å²) in [6, 6.07) is 0. The van der Waals surface area contributed by atoms with E-state index >= 15 is 0 Å². The summed E-state index contributed by atoms with van der Waals surface area (Å²) in [5.74, 6) is -0.105. The second kappa shape index (κ2) is 15.4. The molecule has 0 aromatic carbocycles. The smallest absolute Gasteiger partial charge is 0.246 e. The van der Waals surface area contributed by atoms with Gasteiger partial charge in [-0.1, -0.05) is 6.92 Å². The zero-order valence-electron chi connectivity index (χ0n) is 13.0. The maximum atomic E-state index is 11.3. The summed E-state index contributed by atoms with van der Waals surface area (Å²) in [5, 5.41) is 2.67. The van der Waals surface area contributed by atoms with Crippen molar-refractivity contribution in [3.05, 3.63) is 0 Å². The molecule has 0 aliphatic rings. The van der Waals surface area contributed by atoms with Gasteiger partial charge in [-0.05, 0) is 6.92 Å². The number of carbonyl (C=O) groups excluding carboxylic acids is 2. The molecule has 7 heteroatoms. The van der Waals surface area contributed by atoms with Crippen LogP contribution in [0.15, 0.2) is 0 Å². The quantitative estimate of drug-likeness (QED) is 0.434. The molecule has 0 unspecified atom stereocenters. The number of ether oxygens (including phenoxy) is 4. The lowest BCUT2D eigenvalue weighted by atomic mass is 10.3. The molecule has 0 bridgehead atoms. The fourth-order valence-corrected chi connectivity index (χ4v) is 1.25. The van der Waals surface area contributed by atoms with Crippen LogP contribution in [0.1, 0.15) is 20.3 Å². The molecule has 0 saturated carbocycles. The van der Waals surface area contributed by atoms with Gasteiger partial charge in [0.15, 0.2) is 5.78 Å². The van der Waals surface area contributed by atoms with Crippen LogP contribution in [0.5, 0.6) is 0 Å². The molecule has 0 heterocycles. The molecule has 0 radical (unpaired) electrons. The van der Waals surface area contributed by atoms with E-state index in [1.807, 2.05) is 6.92 Å². The average molecular weight is 305 g/mol. The van der Waals surface area contributed by atoms with Gasteiger partial charge >= 0.3 is 0 Å². The summed E-state index contributed by atoms with van der Waals surface area (Å²) in [6.45, 7) is 6.99. The maximum Gasteiger partial charge on any atom is 0.246 e. The van der Waals surface area contributed by atoms with Crippen molar-refractivity contribution >= 4 is 11.7 Å². The normalized spacial score (nSPS) is 10.6. The highest BCUT2D eigenvalue weighted by Gasteiger charge is 2.01. The number of ketones is 1. The van der Waals surface area contributed by atoms with E-state index in [1.54, 1.807) is 6.92 Å². The molecule has 0 atom stereocenters. The topological polar surface area (TPSA) is 83.1 Å². The van der Waals surface area contributed by atoms with Crippen LogP contribution in [0.3, 0.4) is 0 Å². The molecule has 21 heavy (non-hydrogen) atoms. The Hall–Kier alpha value is -1.02. The van der Waals surface area contributed by atoms with Gasteiger partial charge < -0.3 is 24.3 Å². The van der Waals surface area contributed by atoms with Gasteiger partial charge in [-0.15, -0.1) is 0 Å². The van der Waals surface area contributed by atoms with Crippen molar-refractivity contribution in [1.82, 2.24) is 5.32 Å². The molecule has 0 aromatic rings. The molecule has 0 aliphatic carbocycles. The Balaban J connectivity index is 3.19. The van der Waals surface area contributed by atoms with Gasteiger partial charge in [0.05, 0.1) is 33.0 Å². The number of amides is 1. The van der Waals surface area contributed by atoms with E-state index in [0.29, 0.717) is 52.6 Å². The third-order valence-electron chi connectivity index (χ3n) is 2.41. The standard InChI is InChI=1S/C14H27NO6/c1-3-13(16)11-20-10-8-19-6-5-15-14(17)12-21-9-7-18-4-2/h3-12H2,1-2H3,(H,15,17). The molecule has 0 fully saturated rings. The molecule has 0 saturated heterocycles. The summed E-state index contributed by atoms with van der Waals surface area (Å²) in [6.07, 6.45) is 0.486. The van der Waals surface area contributed by atoms with E-state index < -0.39 is 0 Å². The Morgan fingerprint density at radius 1 is 0.810 bits per heavy atom. The number of hydrogen-bond donors (Lipinski definition) is 1. The largest absolute Gasteiger partial charge is 0.379 e. The van der Waals surface area contributed by atoms with E-state index in [-0.39, 0.29) is 24.9 Å². The fourth-order valence-electron chi connectivity index (χ4n) is 1.25. The number of hydrogen-bond acceptors (Lipinski definition) is 6. The van der Waals surface area contributed by atoms with Gasteiger partial charge in [0.1, 0.15) is 13.2 Å². The van der Waals surface area contributed by atoms with Crippen molar-refractivity contribution < 1.29 is 28.5 Å². The second-order valence-electron chi connectivity index (χ2n) is 4.16. The first-order chi connectivity index (χ1) is 10.2. The minimum atomic E-state index is -0.181. The van der Waals surface area contributed by atoms with Crippen molar-refractivity contribution in [3.8, 4) is 0 Å². The van der Waals surface area contributed by atoms with Gasteiger partial charge in [-0.25, -0.2) is 0 Å². The summed E-state index contributed by atoms with van der Waals surface area (Å²) < 4.78 is 20.5. The fraction of sp³-hybridized carbons (Fsp3) is 0.857. The lowest BCUT2D eigenvalue weighted by Gasteiger charge is -2.07. The van der Waals surface area contributed by atoms with Crippen LogP contribution in [0.4, 0.5) is 0 Å². The van der Waals surface area contributed by atoms with Gasteiger partial charge in [-0.2, -0.15) is 0 Å². The molecular formula is C14H27NO6. The van der Waals surface area contributed by atoms with E-state index in [1.165, 1.54) is 0 Å². The average Bonchev–Trinajstić information content (AvgIpc) is 2.49. The number of carbonyl (C=O) groups is 2. The Kier molecular flexibility index (Phi) is 14.6. The molecule has 0 aliphatic heterocycles. The monoisotopic (exact) mass is 305 g/mol. The van der Waals surface area contributed by atoms with E-state index in [4.69, 9.17) is 18.9 Å². The molecule has 7 nitrogen and oxygen atoms in total. The Labute approximate surface area is 126 Å². The van der Waals surface area contributed by atoms with E-state index in [0.717, 1.165) is 0 Å². The summed E-state index contributed by atoms with van der Waals surface area (Å²) in [7, 11) is 0. The first kappa shape index (κ1) is 20.0. The van der Waals surface area contributed by atoms with Crippen molar-refractivity contribution in [2.45, 2.75) is 20.3 Å². The van der Waals surface area contributed by atoms with E-state index in [2.05, 4.69) is 5.32 Å². The van der Waals surface area contributed by atoms with Crippen molar-refractivity contribution in [3.63, 3.8) is 0 Å². The maximum absolute atomic E-state index is 11.3. The highest BCUT2D eigenvalue weighted by Crippen LogP contribution is 1.84. The van der Waals surface area contributed by atoms with Crippen LogP contribution in [-0.4, -0.2) is 71.1 Å². The van der Waals surface area contributed by atoms with Crippen LogP contribution in [0.25, 0.3) is 0 Å². The highest BCUT2D eigenvalue weighted by atomic mass is 16.5. The molecule has 124 valence electrons. The SMILES string of the molecule is CCOCCOCC(=O)NCCOCCOCC(=O)CC. The van der Waals surface area contributed by atoms with E-state index in [9.17, 15) is 9.59 Å². The Morgan fingerprint density at radius 3 is 2.10 bits per heavy atom. The first-order valence-electron chi connectivity index (χ1n) is 7.30. The molecule has 1 amide bonds. The third kappa shape index (κ3) is 15.2. The van der Waals surface area contributed by atoms with Crippen molar-refractivity contribution in [2.75, 3.05) is 59.4 Å². The lowest BCUT2D eigenvalue weighted by molar-refractivity contribution is -0.127. The van der Waals surface area contributed by atoms with Crippen LogP contribution in [0, 0.1) is 0 Å². The first-order valence-corrected chi connectivity index (χ1v) is 7.30. The Morgan fingerprint density at radius 2 is 1.43 bits per heavy atom. The minimum absolute atomic E-state index is 0.0231. The highest BCUT2D eigenvalue weighted by molar-refractivity contribution is 5.79. The predicted octanol–water partition coefficient (Wildman–Crippen LogP) is 0.168. The van der Waals surface area contributed by atoms with Gasteiger partial charge in [0.2, 0.25) is 5.91 Å². The number of rotatable bonds is 15. The van der Waals surface area contributed by atoms with Crippen LogP contribution in [0.2, 0.25) is 0 Å². The van der Waals surface area contributed by atoms with Gasteiger partial charge in [0, 0.05) is 19.6 Å². The number of Topliss-reactive ketones (excluding diaryl/α,β-unsaturated/α-hetero) is 1. The van der Waals surface area contributed by atoms with Gasteiger partial charge in [0.25, 0.3) is 0 Å². The Bertz CT molecular complexity index is 272. The summed E-state index contributed by atoms with van der Waals surface area (Å²) in [4.78, 5) is 22.3. The van der Waals surface area contributed by atoms with Crippen LogP contribution in [-0.2, 0) is 28.5 Å². The molecule has 0 aromatic heterocycles. The van der Waals surface area contributed by atoms with Crippen molar-refractivity contribution in [1.29, 1.82) is 0 Å². The van der Waals surface area contributed by atoms with Crippen LogP contribution >= 0.6 is 0 Å². The van der Waals surface area contributed by atoms with Crippen molar-refractivity contribution in [2.24, 2.45) is 0 Å². The zero-order chi connectivity index (χ0) is 15.8. The zero-order valence-corrected chi connectivity index (χ0v) is 13.0. The van der Waals surface area contributed by atoms with Crippen LogP contribution < -0.4 is 5.32 Å². The van der Waals surface area contributed by atoms with Gasteiger partial charge in [-0.3, -0.25) is 9.59 Å². The molecule has 1 N–H and O–H groups in total. The summed E-state index contributed by atoms with van der Waals surface area (Å²) in [5.41, 5.74) is 0. The third-order valence-corrected chi connectivity index (χ3v) is 2.41. The minimum Gasteiger partial charge on any atom is -0.379 e. The number of nitrogens with one attached hydrogen (secondary N) is 1. The molecular weight excluding hydrogens is 278 g/mol. The summed E-state index contributed by atoms with van der Waals surface area (Å²) >= 11 is 0. The second-order valence-corrected chi connectivity index (χ2v) is 4.16. The molecule has 0 rings (SSSR count). The molecule has 0 spiro atoms. The predicted molar refractivity (Wildman–Crippen MR) is 77.3 cm³/mol. The lowest BCUT2D eigenvalue weighted by Crippen LogP contribution is -2.31.